The molecule has 0 aromatic rings. The summed E-state index contributed by atoms with van der Waals surface area (Å²) in [6.07, 6.45) is 3.21. The zero-order valence-corrected chi connectivity index (χ0v) is 14.6. The van der Waals surface area contributed by atoms with Gasteiger partial charge in [-0.05, 0) is 51.7 Å². The molecule has 2 saturated heterocycles. The van der Waals surface area contributed by atoms with Crippen molar-refractivity contribution in [3.8, 4) is 0 Å². The van der Waals surface area contributed by atoms with E-state index in [0.717, 1.165) is 52.1 Å². The van der Waals surface area contributed by atoms with E-state index in [2.05, 4.69) is 35.9 Å². The molecule has 4 nitrogen and oxygen atoms in total. The maximum absolute atomic E-state index is 12.6. The van der Waals surface area contributed by atoms with Gasteiger partial charge in [0, 0.05) is 31.6 Å². The van der Waals surface area contributed by atoms with E-state index >= 15 is 0 Å². The van der Waals surface area contributed by atoms with Gasteiger partial charge >= 0.3 is 0 Å². The van der Waals surface area contributed by atoms with Crippen molar-refractivity contribution < 1.29 is 4.79 Å². The van der Waals surface area contributed by atoms with Crippen molar-refractivity contribution in [1.29, 1.82) is 0 Å². The van der Waals surface area contributed by atoms with E-state index in [4.69, 9.17) is 0 Å². The normalized spacial score (nSPS) is 29.5. The van der Waals surface area contributed by atoms with Crippen LogP contribution in [0.3, 0.4) is 0 Å². The smallest absolute Gasteiger partial charge is 0.225 e. The van der Waals surface area contributed by atoms with Gasteiger partial charge in [0.15, 0.2) is 0 Å². The molecule has 0 spiro atoms. The van der Waals surface area contributed by atoms with Crippen molar-refractivity contribution in [1.82, 2.24) is 15.1 Å². The van der Waals surface area contributed by atoms with Crippen LogP contribution in [0.15, 0.2) is 0 Å². The molecular weight excluding hydrogens is 286 g/mol. The van der Waals surface area contributed by atoms with Crippen molar-refractivity contribution in [3.63, 3.8) is 0 Å². The van der Waals surface area contributed by atoms with Crippen LogP contribution < -0.4 is 5.32 Å². The molecule has 2 fully saturated rings. The summed E-state index contributed by atoms with van der Waals surface area (Å²) in [5.74, 6) is 1.36. The summed E-state index contributed by atoms with van der Waals surface area (Å²) in [6, 6.07) is 0.492. The Morgan fingerprint density at radius 1 is 1.29 bits per heavy atom. The van der Waals surface area contributed by atoms with E-state index < -0.39 is 0 Å². The third kappa shape index (κ3) is 5.11. The number of carbonyl (C=O) groups is 1. The van der Waals surface area contributed by atoms with Gasteiger partial charge in [-0.1, -0.05) is 13.8 Å². The number of hydrogen-bond acceptors (Lipinski definition) is 3. The van der Waals surface area contributed by atoms with Gasteiger partial charge in [0.1, 0.15) is 0 Å². The van der Waals surface area contributed by atoms with Crippen LogP contribution in [0.1, 0.15) is 40.0 Å². The fourth-order valence-corrected chi connectivity index (χ4v) is 3.64. The summed E-state index contributed by atoms with van der Waals surface area (Å²) < 4.78 is 0. The second kappa shape index (κ2) is 8.96. The highest BCUT2D eigenvalue weighted by atomic mass is 35.5. The number of carbonyl (C=O) groups excluding carboxylic acids is 1. The summed E-state index contributed by atoms with van der Waals surface area (Å²) in [5.41, 5.74) is 0. The monoisotopic (exact) mass is 317 g/mol. The lowest BCUT2D eigenvalue weighted by molar-refractivity contribution is -0.135. The van der Waals surface area contributed by atoms with E-state index in [0.29, 0.717) is 17.9 Å². The third-order valence-corrected chi connectivity index (χ3v) is 4.98. The van der Waals surface area contributed by atoms with Gasteiger partial charge in [-0.2, -0.15) is 0 Å². The Kier molecular flexibility index (Phi) is 7.99. The number of rotatable bonds is 5. The molecule has 1 unspecified atom stereocenters. The largest absolute Gasteiger partial charge is 0.342 e. The summed E-state index contributed by atoms with van der Waals surface area (Å²) >= 11 is 0. The Bertz CT molecular complexity index is 323. The molecule has 3 atom stereocenters. The minimum atomic E-state index is 0. The molecule has 0 aliphatic carbocycles. The fraction of sp³-hybridized carbons (Fsp3) is 0.938. The number of likely N-dealkylation sites (tertiary alicyclic amines) is 1. The van der Waals surface area contributed by atoms with Gasteiger partial charge in [-0.15, -0.1) is 12.4 Å². The van der Waals surface area contributed by atoms with Crippen molar-refractivity contribution in [3.05, 3.63) is 0 Å². The summed E-state index contributed by atoms with van der Waals surface area (Å²) in [7, 11) is 0. The van der Waals surface area contributed by atoms with E-state index in [9.17, 15) is 4.79 Å². The molecule has 2 rings (SSSR count). The predicted molar refractivity (Wildman–Crippen MR) is 89.9 cm³/mol. The quantitative estimate of drug-likeness (QED) is 0.842. The topological polar surface area (TPSA) is 35.6 Å². The highest BCUT2D eigenvalue weighted by Gasteiger charge is 2.33. The maximum atomic E-state index is 12.6. The first-order chi connectivity index (χ1) is 9.63. The molecule has 2 heterocycles. The van der Waals surface area contributed by atoms with Crippen LogP contribution in [0, 0.1) is 11.8 Å². The molecule has 1 amide bonds. The van der Waals surface area contributed by atoms with E-state index in [1.165, 1.54) is 6.42 Å². The first kappa shape index (κ1) is 18.7. The average Bonchev–Trinajstić information content (AvgIpc) is 2.92. The summed E-state index contributed by atoms with van der Waals surface area (Å²) in [5, 5.41) is 3.43. The first-order valence-corrected chi connectivity index (χ1v) is 8.38. The van der Waals surface area contributed by atoms with Crippen LogP contribution in [-0.2, 0) is 4.79 Å². The first-order valence-electron chi connectivity index (χ1n) is 8.38. The van der Waals surface area contributed by atoms with Crippen LogP contribution in [0.25, 0.3) is 0 Å². The van der Waals surface area contributed by atoms with Gasteiger partial charge in [0.2, 0.25) is 5.91 Å². The van der Waals surface area contributed by atoms with Crippen molar-refractivity contribution >= 4 is 18.3 Å². The number of halogens is 1. The predicted octanol–water partition coefficient (Wildman–Crippen LogP) is 1.99. The standard InChI is InChI=1S/C16H31N3O.ClH/c1-4-18(5-2)11-14-7-9-19(12-14)16(20)15-6-8-17-13(3)10-15;/h13-15,17H,4-12H2,1-3H3;1H/t13-,14?,15-;/m0./s1. The lowest BCUT2D eigenvalue weighted by atomic mass is 9.92. The molecular formula is C16H32ClN3O. The molecule has 0 saturated carbocycles. The molecule has 2 aliphatic heterocycles. The molecule has 0 aromatic heterocycles. The van der Waals surface area contributed by atoms with E-state index in [-0.39, 0.29) is 18.3 Å². The molecule has 124 valence electrons. The van der Waals surface area contributed by atoms with Crippen molar-refractivity contribution in [2.45, 2.75) is 46.1 Å². The van der Waals surface area contributed by atoms with Crippen LogP contribution in [0.5, 0.6) is 0 Å². The number of amides is 1. The maximum Gasteiger partial charge on any atom is 0.225 e. The number of nitrogens with zero attached hydrogens (tertiary/aromatic N) is 2. The number of hydrogen-bond donors (Lipinski definition) is 1. The molecule has 2 aliphatic rings. The highest BCUT2D eigenvalue weighted by Crippen LogP contribution is 2.24. The zero-order chi connectivity index (χ0) is 14.5. The number of piperidine rings is 1. The van der Waals surface area contributed by atoms with Crippen LogP contribution in [0.2, 0.25) is 0 Å². The Morgan fingerprint density at radius 3 is 2.62 bits per heavy atom. The van der Waals surface area contributed by atoms with Gasteiger partial charge < -0.3 is 15.1 Å². The molecule has 0 aromatic carbocycles. The minimum Gasteiger partial charge on any atom is -0.342 e. The second-order valence-electron chi connectivity index (χ2n) is 6.50. The lowest BCUT2D eigenvalue weighted by Gasteiger charge is -2.30. The minimum absolute atomic E-state index is 0. The fourth-order valence-electron chi connectivity index (χ4n) is 3.64. The van der Waals surface area contributed by atoms with Crippen molar-refractivity contribution in [2.24, 2.45) is 11.8 Å². The molecule has 0 bridgehead atoms. The number of nitrogens with one attached hydrogen (secondary N) is 1. The second-order valence-corrected chi connectivity index (χ2v) is 6.50. The Morgan fingerprint density at radius 2 is 2.00 bits per heavy atom. The van der Waals surface area contributed by atoms with E-state index in [1.807, 2.05) is 0 Å². The summed E-state index contributed by atoms with van der Waals surface area (Å²) in [4.78, 5) is 17.2. The molecule has 21 heavy (non-hydrogen) atoms. The Balaban J connectivity index is 0.00000220. The van der Waals surface area contributed by atoms with Gasteiger partial charge in [-0.25, -0.2) is 0 Å². The molecule has 0 radical (unpaired) electrons. The third-order valence-electron chi connectivity index (χ3n) is 4.98. The van der Waals surface area contributed by atoms with Gasteiger partial charge in [0.25, 0.3) is 0 Å². The average molecular weight is 318 g/mol. The van der Waals surface area contributed by atoms with Crippen LogP contribution >= 0.6 is 12.4 Å². The molecule has 5 heteroatoms. The molecule has 1 N–H and O–H groups in total. The van der Waals surface area contributed by atoms with Gasteiger partial charge in [0.05, 0.1) is 0 Å². The summed E-state index contributed by atoms with van der Waals surface area (Å²) in [6.45, 7) is 13.0. The highest BCUT2D eigenvalue weighted by molar-refractivity contribution is 5.85. The zero-order valence-electron chi connectivity index (χ0n) is 13.8. The van der Waals surface area contributed by atoms with Crippen LogP contribution in [0.4, 0.5) is 0 Å². The Hall–Kier alpha value is -0.320. The van der Waals surface area contributed by atoms with Gasteiger partial charge in [-0.3, -0.25) is 4.79 Å². The van der Waals surface area contributed by atoms with Crippen LogP contribution in [-0.4, -0.2) is 61.0 Å². The Labute approximate surface area is 136 Å². The SMILES string of the molecule is CCN(CC)CC1CCN(C(=O)[C@H]2CCN[C@@H](C)C2)C1.Cl. The van der Waals surface area contributed by atoms with E-state index in [1.54, 1.807) is 0 Å². The lowest BCUT2D eigenvalue weighted by Crippen LogP contribution is -2.43. The van der Waals surface area contributed by atoms with Crippen molar-refractivity contribution in [2.75, 3.05) is 39.3 Å².